The topological polar surface area (TPSA) is 131 Å². The molecule has 5 rings (SSSR count). The van der Waals surface area contributed by atoms with Crippen molar-refractivity contribution < 1.29 is 13.2 Å². The first kappa shape index (κ1) is 21.9. The molecule has 0 bridgehead atoms. The van der Waals surface area contributed by atoms with Crippen molar-refractivity contribution in [2.45, 2.75) is 17.7 Å². The molecular weight excluding hydrogens is 452 g/mol. The van der Waals surface area contributed by atoms with Crippen LogP contribution >= 0.6 is 0 Å². The summed E-state index contributed by atoms with van der Waals surface area (Å²) in [5.41, 5.74) is 3.49. The molecule has 3 heterocycles. The number of nitrogens with one attached hydrogen (secondary N) is 1. The Balaban J connectivity index is 1.48. The maximum Gasteiger partial charge on any atom is 0.255 e. The molecule has 4 aromatic rings. The molecule has 2 aromatic carbocycles. The minimum atomic E-state index is -3.76. The number of nitrogens with zero attached hydrogens (tertiary/aromatic N) is 4. The minimum Gasteiger partial charge on any atom is -0.339 e. The molecule has 1 saturated heterocycles. The molecule has 1 aliphatic heterocycles. The average Bonchev–Trinajstić information content (AvgIpc) is 3.38. The van der Waals surface area contributed by atoms with Gasteiger partial charge in [-0.2, -0.15) is 0 Å². The maximum atomic E-state index is 12.8. The number of hydrogen-bond donors (Lipinski definition) is 2. The number of primary sulfonamides is 1. The van der Waals surface area contributed by atoms with Gasteiger partial charge in [-0.1, -0.05) is 18.2 Å². The van der Waals surface area contributed by atoms with Gasteiger partial charge in [-0.15, -0.1) is 0 Å². The Kier molecular flexibility index (Phi) is 5.68. The number of pyridine rings is 1. The summed E-state index contributed by atoms with van der Waals surface area (Å²) >= 11 is 0. The molecule has 0 spiro atoms. The molecule has 172 valence electrons. The van der Waals surface area contributed by atoms with Crippen LogP contribution in [0.2, 0.25) is 0 Å². The van der Waals surface area contributed by atoms with Crippen molar-refractivity contribution in [3.05, 3.63) is 72.7 Å². The van der Waals surface area contributed by atoms with Crippen LogP contribution in [-0.4, -0.2) is 47.3 Å². The molecule has 10 heteroatoms. The third kappa shape index (κ3) is 4.45. The first-order valence-electron chi connectivity index (χ1n) is 10.8. The second-order valence-electron chi connectivity index (χ2n) is 8.09. The van der Waals surface area contributed by atoms with E-state index in [0.29, 0.717) is 22.7 Å². The van der Waals surface area contributed by atoms with Crippen LogP contribution in [-0.2, 0) is 10.0 Å². The number of amides is 1. The van der Waals surface area contributed by atoms with Crippen LogP contribution < -0.4 is 10.5 Å². The summed E-state index contributed by atoms with van der Waals surface area (Å²) < 4.78 is 22.9. The van der Waals surface area contributed by atoms with E-state index in [1.54, 1.807) is 30.7 Å². The molecule has 34 heavy (non-hydrogen) atoms. The number of carbonyl (C=O) groups is 1. The van der Waals surface area contributed by atoms with Gasteiger partial charge in [0.15, 0.2) is 0 Å². The Hall–Kier alpha value is -3.89. The number of benzene rings is 2. The van der Waals surface area contributed by atoms with Crippen molar-refractivity contribution >= 4 is 38.5 Å². The van der Waals surface area contributed by atoms with E-state index in [9.17, 15) is 13.2 Å². The monoisotopic (exact) mass is 474 g/mol. The lowest BCUT2D eigenvalue weighted by molar-refractivity contribution is 0.0792. The van der Waals surface area contributed by atoms with E-state index in [1.165, 1.54) is 12.1 Å². The second-order valence-corrected chi connectivity index (χ2v) is 9.65. The van der Waals surface area contributed by atoms with Gasteiger partial charge >= 0.3 is 0 Å². The fourth-order valence-electron chi connectivity index (χ4n) is 4.01. The standard InChI is InChI=1S/C24H22N6O3S/c25-34(32,33)20-8-6-19(7-9-20)28-24-27-15-16-4-3-5-21(22(16)29-24)17-12-18(14-26-13-17)23(31)30-10-1-2-11-30/h3-9,12-15H,1-2,10-11H2,(H2,25,32,33)(H,27,28,29). The summed E-state index contributed by atoms with van der Waals surface area (Å²) in [5, 5.41) is 9.08. The SMILES string of the molecule is NS(=O)(=O)c1ccc(Nc2ncc3cccc(-c4cncc(C(=O)N5CCCC5)c4)c3n2)cc1. The number of hydrogen-bond acceptors (Lipinski definition) is 7. The minimum absolute atomic E-state index is 0.00740. The average molecular weight is 475 g/mol. The first-order chi connectivity index (χ1) is 16.4. The van der Waals surface area contributed by atoms with E-state index in [0.717, 1.165) is 42.4 Å². The number of nitrogens with two attached hydrogens (primary N) is 1. The Bertz CT molecular complexity index is 1480. The lowest BCUT2D eigenvalue weighted by Crippen LogP contribution is -2.27. The van der Waals surface area contributed by atoms with Crippen molar-refractivity contribution in [3.63, 3.8) is 0 Å². The summed E-state index contributed by atoms with van der Waals surface area (Å²) in [7, 11) is -3.76. The normalized spacial score (nSPS) is 13.9. The van der Waals surface area contributed by atoms with Crippen LogP contribution in [0.3, 0.4) is 0 Å². The number of para-hydroxylation sites is 1. The molecular formula is C24H22N6O3S. The molecule has 1 aliphatic rings. The van der Waals surface area contributed by atoms with E-state index in [2.05, 4.69) is 20.3 Å². The van der Waals surface area contributed by atoms with Crippen LogP contribution in [0.25, 0.3) is 22.0 Å². The van der Waals surface area contributed by atoms with E-state index in [1.807, 2.05) is 29.2 Å². The highest BCUT2D eigenvalue weighted by molar-refractivity contribution is 7.89. The van der Waals surface area contributed by atoms with Gasteiger partial charge in [-0.3, -0.25) is 9.78 Å². The predicted molar refractivity (Wildman–Crippen MR) is 129 cm³/mol. The van der Waals surface area contributed by atoms with Crippen LogP contribution in [0.4, 0.5) is 11.6 Å². The van der Waals surface area contributed by atoms with E-state index in [-0.39, 0.29) is 10.8 Å². The van der Waals surface area contributed by atoms with Crippen molar-refractivity contribution in [3.8, 4) is 11.1 Å². The molecule has 0 radical (unpaired) electrons. The molecule has 0 atom stereocenters. The highest BCUT2D eigenvalue weighted by Gasteiger charge is 2.20. The summed E-state index contributed by atoms with van der Waals surface area (Å²) in [6.45, 7) is 1.55. The molecule has 1 fully saturated rings. The quantitative estimate of drug-likeness (QED) is 0.454. The summed E-state index contributed by atoms with van der Waals surface area (Å²) in [5.74, 6) is 0.340. The molecule has 3 N–H and O–H groups in total. The Morgan fingerprint density at radius 3 is 2.50 bits per heavy atom. The lowest BCUT2D eigenvalue weighted by Gasteiger charge is -2.15. The number of aromatic nitrogens is 3. The zero-order valence-electron chi connectivity index (χ0n) is 18.2. The highest BCUT2D eigenvalue weighted by atomic mass is 32.2. The van der Waals surface area contributed by atoms with Gasteiger partial charge in [-0.05, 0) is 43.2 Å². The molecule has 9 nitrogen and oxygen atoms in total. The van der Waals surface area contributed by atoms with E-state index in [4.69, 9.17) is 5.14 Å². The van der Waals surface area contributed by atoms with Crippen molar-refractivity contribution in [2.24, 2.45) is 5.14 Å². The van der Waals surface area contributed by atoms with Gasteiger partial charge in [0.25, 0.3) is 5.91 Å². The van der Waals surface area contributed by atoms with Crippen LogP contribution in [0.1, 0.15) is 23.2 Å². The zero-order chi connectivity index (χ0) is 23.7. The number of fused-ring (bicyclic) bond motifs is 1. The Morgan fingerprint density at radius 1 is 1.00 bits per heavy atom. The van der Waals surface area contributed by atoms with Crippen LogP contribution in [0, 0.1) is 0 Å². The number of likely N-dealkylation sites (tertiary alicyclic amines) is 1. The zero-order valence-corrected chi connectivity index (χ0v) is 19.0. The molecule has 2 aromatic heterocycles. The van der Waals surface area contributed by atoms with Gasteiger partial charge < -0.3 is 10.2 Å². The highest BCUT2D eigenvalue weighted by Crippen LogP contribution is 2.29. The number of rotatable bonds is 5. The number of carbonyl (C=O) groups excluding carboxylic acids is 1. The predicted octanol–water partition coefficient (Wildman–Crippen LogP) is 3.32. The summed E-state index contributed by atoms with van der Waals surface area (Å²) in [6.07, 6.45) is 7.08. The van der Waals surface area contributed by atoms with Crippen molar-refractivity contribution in [2.75, 3.05) is 18.4 Å². The van der Waals surface area contributed by atoms with Gasteiger partial charge in [0, 0.05) is 53.9 Å². The number of anilines is 2. The first-order valence-corrected chi connectivity index (χ1v) is 12.3. The fourth-order valence-corrected chi connectivity index (χ4v) is 4.53. The molecule has 0 unspecified atom stereocenters. The summed E-state index contributed by atoms with van der Waals surface area (Å²) in [4.78, 5) is 28.1. The lowest BCUT2D eigenvalue weighted by atomic mass is 10.0. The van der Waals surface area contributed by atoms with E-state index < -0.39 is 10.0 Å². The van der Waals surface area contributed by atoms with Crippen molar-refractivity contribution in [1.29, 1.82) is 0 Å². The summed E-state index contributed by atoms with van der Waals surface area (Å²) in [6, 6.07) is 13.6. The third-order valence-electron chi connectivity index (χ3n) is 5.74. The van der Waals surface area contributed by atoms with Gasteiger partial charge in [0.05, 0.1) is 16.0 Å². The molecule has 0 aliphatic carbocycles. The van der Waals surface area contributed by atoms with Gasteiger partial charge in [-0.25, -0.2) is 23.5 Å². The van der Waals surface area contributed by atoms with Gasteiger partial charge in [0.1, 0.15) is 0 Å². The second kappa shape index (κ2) is 8.81. The smallest absolute Gasteiger partial charge is 0.255 e. The third-order valence-corrected chi connectivity index (χ3v) is 6.67. The van der Waals surface area contributed by atoms with Gasteiger partial charge in [0.2, 0.25) is 16.0 Å². The van der Waals surface area contributed by atoms with Crippen molar-refractivity contribution in [1.82, 2.24) is 19.9 Å². The largest absolute Gasteiger partial charge is 0.339 e. The van der Waals surface area contributed by atoms with Crippen LogP contribution in [0.15, 0.2) is 72.0 Å². The number of sulfonamides is 1. The maximum absolute atomic E-state index is 12.8. The Labute approximate surface area is 196 Å². The molecule has 1 amide bonds. The van der Waals surface area contributed by atoms with E-state index >= 15 is 0 Å². The fraction of sp³-hybridized carbons (Fsp3) is 0.167. The Morgan fingerprint density at radius 2 is 1.76 bits per heavy atom. The van der Waals surface area contributed by atoms with Crippen LogP contribution in [0.5, 0.6) is 0 Å². The molecule has 0 saturated carbocycles.